The summed E-state index contributed by atoms with van der Waals surface area (Å²) in [4.78, 5) is 11.8. The van der Waals surface area contributed by atoms with Crippen LogP contribution in [0.2, 0.25) is 0 Å². The van der Waals surface area contributed by atoms with Crippen molar-refractivity contribution in [1.82, 2.24) is 0 Å². The zero-order valence-electron chi connectivity index (χ0n) is 15.6. The zero-order valence-corrected chi connectivity index (χ0v) is 15.6. The summed E-state index contributed by atoms with van der Waals surface area (Å²) in [5, 5.41) is 0. The standard InChI is InChI=1S/C21H26FNO2/c1-6-25-19(24)11-18(23)20-15(5)17(10-14(4)21(20)22)16-8-7-12(2)9-13(16)3/h7-10,18H,6,11,23H2,1-5H3. The molecule has 0 radical (unpaired) electrons. The normalized spacial score (nSPS) is 12.1. The van der Waals surface area contributed by atoms with E-state index in [1.54, 1.807) is 13.8 Å². The lowest BCUT2D eigenvalue weighted by Crippen LogP contribution is -2.20. The molecule has 3 nitrogen and oxygen atoms in total. The van der Waals surface area contributed by atoms with Gasteiger partial charge in [-0.2, -0.15) is 0 Å². The molecule has 4 heteroatoms. The maximum atomic E-state index is 14.8. The van der Waals surface area contributed by atoms with Crippen LogP contribution in [0.5, 0.6) is 0 Å². The first-order valence-corrected chi connectivity index (χ1v) is 8.54. The lowest BCUT2D eigenvalue weighted by Gasteiger charge is -2.20. The average molecular weight is 343 g/mol. The van der Waals surface area contributed by atoms with Gasteiger partial charge >= 0.3 is 5.97 Å². The molecule has 2 aromatic carbocycles. The molecule has 0 saturated heterocycles. The molecule has 0 amide bonds. The van der Waals surface area contributed by atoms with Gasteiger partial charge in [0.1, 0.15) is 5.82 Å². The molecular formula is C21H26FNO2. The largest absolute Gasteiger partial charge is 0.466 e. The molecule has 0 saturated carbocycles. The van der Waals surface area contributed by atoms with Crippen LogP contribution in [0.25, 0.3) is 11.1 Å². The number of ether oxygens (including phenoxy) is 1. The van der Waals surface area contributed by atoms with Gasteiger partial charge in [0.25, 0.3) is 0 Å². The highest BCUT2D eigenvalue weighted by atomic mass is 19.1. The summed E-state index contributed by atoms with van der Waals surface area (Å²) in [5.41, 5.74) is 12.2. The van der Waals surface area contributed by atoms with E-state index in [-0.39, 0.29) is 18.8 Å². The molecule has 1 atom stereocenters. The van der Waals surface area contributed by atoms with Gasteiger partial charge in [-0.05, 0) is 68.5 Å². The van der Waals surface area contributed by atoms with Gasteiger partial charge in [-0.15, -0.1) is 0 Å². The first-order valence-electron chi connectivity index (χ1n) is 8.54. The highest BCUT2D eigenvalue weighted by molar-refractivity contribution is 5.74. The number of hydrogen-bond acceptors (Lipinski definition) is 3. The van der Waals surface area contributed by atoms with Crippen molar-refractivity contribution in [3.63, 3.8) is 0 Å². The Hall–Kier alpha value is -2.20. The smallest absolute Gasteiger partial charge is 0.307 e. The first kappa shape index (κ1) is 19.1. The van der Waals surface area contributed by atoms with Crippen molar-refractivity contribution >= 4 is 5.97 Å². The van der Waals surface area contributed by atoms with Gasteiger partial charge in [0.15, 0.2) is 0 Å². The van der Waals surface area contributed by atoms with Gasteiger partial charge in [0, 0.05) is 11.6 Å². The molecule has 2 rings (SSSR count). The van der Waals surface area contributed by atoms with Gasteiger partial charge in [-0.25, -0.2) is 4.39 Å². The van der Waals surface area contributed by atoms with Crippen LogP contribution >= 0.6 is 0 Å². The van der Waals surface area contributed by atoms with E-state index < -0.39 is 12.0 Å². The van der Waals surface area contributed by atoms with Crippen molar-refractivity contribution < 1.29 is 13.9 Å². The second-order valence-electron chi connectivity index (χ2n) is 6.53. The van der Waals surface area contributed by atoms with E-state index in [0.29, 0.717) is 11.1 Å². The monoisotopic (exact) mass is 343 g/mol. The molecule has 1 unspecified atom stereocenters. The Balaban J connectivity index is 2.54. The number of carbonyl (C=O) groups excluding carboxylic acids is 1. The fourth-order valence-corrected chi connectivity index (χ4v) is 3.25. The second-order valence-corrected chi connectivity index (χ2v) is 6.53. The third kappa shape index (κ3) is 4.07. The van der Waals surface area contributed by atoms with Gasteiger partial charge < -0.3 is 10.5 Å². The van der Waals surface area contributed by atoms with Gasteiger partial charge in [0.2, 0.25) is 0 Å². The van der Waals surface area contributed by atoms with Crippen LogP contribution in [0, 0.1) is 33.5 Å². The molecule has 0 bridgehead atoms. The summed E-state index contributed by atoms with van der Waals surface area (Å²) < 4.78 is 19.7. The molecule has 0 aliphatic rings. The Bertz CT molecular complexity index is 799. The molecule has 2 N–H and O–H groups in total. The minimum Gasteiger partial charge on any atom is -0.466 e. The molecule has 0 heterocycles. The fourth-order valence-electron chi connectivity index (χ4n) is 3.25. The average Bonchev–Trinajstić information content (AvgIpc) is 2.52. The van der Waals surface area contributed by atoms with Gasteiger partial charge in [-0.1, -0.05) is 23.8 Å². The second kappa shape index (κ2) is 7.79. The Kier molecular flexibility index (Phi) is 5.96. The van der Waals surface area contributed by atoms with E-state index in [2.05, 4.69) is 6.07 Å². The number of hydrogen-bond donors (Lipinski definition) is 1. The van der Waals surface area contributed by atoms with Crippen molar-refractivity contribution in [2.24, 2.45) is 5.73 Å². The number of nitrogens with two attached hydrogens (primary N) is 1. The topological polar surface area (TPSA) is 52.3 Å². The summed E-state index contributed by atoms with van der Waals surface area (Å²) in [6.45, 7) is 9.69. The molecule has 2 aromatic rings. The first-order chi connectivity index (χ1) is 11.8. The summed E-state index contributed by atoms with van der Waals surface area (Å²) in [7, 11) is 0. The van der Waals surface area contributed by atoms with E-state index >= 15 is 0 Å². The fraction of sp³-hybridized carbons (Fsp3) is 0.381. The van der Waals surface area contributed by atoms with Crippen LogP contribution in [0.3, 0.4) is 0 Å². The maximum Gasteiger partial charge on any atom is 0.307 e. The Morgan fingerprint density at radius 2 is 1.80 bits per heavy atom. The highest BCUT2D eigenvalue weighted by Crippen LogP contribution is 2.35. The summed E-state index contributed by atoms with van der Waals surface area (Å²) in [5.74, 6) is -0.758. The van der Waals surface area contributed by atoms with Crippen molar-refractivity contribution in [3.05, 3.63) is 57.9 Å². The molecule has 0 aromatic heterocycles. The minimum atomic E-state index is -0.733. The van der Waals surface area contributed by atoms with Crippen LogP contribution in [0.15, 0.2) is 24.3 Å². The van der Waals surface area contributed by atoms with E-state index in [1.807, 2.05) is 39.0 Å². The number of aryl methyl sites for hydroxylation is 3. The van der Waals surface area contributed by atoms with Crippen LogP contribution in [0.1, 0.15) is 47.2 Å². The predicted octanol–water partition coefficient (Wildman–Crippen LogP) is 4.68. The third-order valence-electron chi connectivity index (χ3n) is 4.49. The number of halogens is 1. The minimum absolute atomic E-state index is 0.0403. The lowest BCUT2D eigenvalue weighted by atomic mass is 9.87. The highest BCUT2D eigenvalue weighted by Gasteiger charge is 2.22. The summed E-state index contributed by atoms with van der Waals surface area (Å²) in [6.07, 6.45) is -0.0403. The number of benzene rings is 2. The quantitative estimate of drug-likeness (QED) is 0.802. The molecule has 134 valence electrons. The lowest BCUT2D eigenvalue weighted by molar-refractivity contribution is -0.143. The number of carbonyl (C=O) groups is 1. The third-order valence-corrected chi connectivity index (χ3v) is 4.49. The van der Waals surface area contributed by atoms with Crippen molar-refractivity contribution in [2.75, 3.05) is 6.61 Å². The Labute approximate surface area is 149 Å². The predicted molar refractivity (Wildman–Crippen MR) is 99.0 cm³/mol. The maximum absolute atomic E-state index is 14.8. The van der Waals surface area contributed by atoms with E-state index in [4.69, 9.17) is 10.5 Å². The number of rotatable bonds is 5. The van der Waals surface area contributed by atoms with Crippen LogP contribution < -0.4 is 5.73 Å². The van der Waals surface area contributed by atoms with Gasteiger partial charge in [0.05, 0.1) is 13.0 Å². The summed E-state index contributed by atoms with van der Waals surface area (Å²) >= 11 is 0. The van der Waals surface area contributed by atoms with Gasteiger partial charge in [-0.3, -0.25) is 4.79 Å². The van der Waals surface area contributed by atoms with Crippen LogP contribution in [-0.2, 0) is 9.53 Å². The van der Waals surface area contributed by atoms with Crippen molar-refractivity contribution in [1.29, 1.82) is 0 Å². The van der Waals surface area contributed by atoms with E-state index in [0.717, 1.165) is 22.3 Å². The van der Waals surface area contributed by atoms with Crippen molar-refractivity contribution in [3.8, 4) is 11.1 Å². The molecule has 0 spiro atoms. The van der Waals surface area contributed by atoms with Crippen LogP contribution in [-0.4, -0.2) is 12.6 Å². The Morgan fingerprint density at radius 3 is 2.40 bits per heavy atom. The van der Waals surface area contributed by atoms with E-state index in [9.17, 15) is 9.18 Å². The molecule has 0 fully saturated rings. The number of esters is 1. The van der Waals surface area contributed by atoms with Crippen LogP contribution in [0.4, 0.5) is 4.39 Å². The molecular weight excluding hydrogens is 317 g/mol. The Morgan fingerprint density at radius 1 is 1.12 bits per heavy atom. The molecule has 0 aliphatic heterocycles. The van der Waals surface area contributed by atoms with Crippen molar-refractivity contribution in [2.45, 2.75) is 47.1 Å². The SMILES string of the molecule is CCOC(=O)CC(N)c1c(C)c(-c2ccc(C)cc2C)cc(C)c1F. The molecule has 0 aliphatic carbocycles. The molecule has 25 heavy (non-hydrogen) atoms. The summed E-state index contributed by atoms with van der Waals surface area (Å²) in [6, 6.07) is 7.31. The zero-order chi connectivity index (χ0) is 18.7. The van der Waals surface area contributed by atoms with E-state index in [1.165, 1.54) is 5.56 Å².